The van der Waals surface area contributed by atoms with Crippen molar-refractivity contribution in [2.45, 2.75) is 57.7 Å². The van der Waals surface area contributed by atoms with Gasteiger partial charge in [-0.05, 0) is 56.9 Å². The average molecular weight is 456 g/mol. The number of benzene rings is 2. The van der Waals surface area contributed by atoms with Crippen LogP contribution in [0.2, 0.25) is 0 Å². The quantitative estimate of drug-likeness (QED) is 0.724. The van der Waals surface area contributed by atoms with Gasteiger partial charge in [0.05, 0.1) is 0 Å². The maximum atomic E-state index is 14.3. The number of anilines is 1. The number of amides is 3. The molecule has 0 saturated carbocycles. The summed E-state index contributed by atoms with van der Waals surface area (Å²) in [4.78, 5) is 40.1. The number of carbonyl (C=O) groups is 3. The third kappa shape index (κ3) is 6.31. The molecule has 0 bridgehead atoms. The summed E-state index contributed by atoms with van der Waals surface area (Å²) in [6, 6.07) is 11.7. The maximum absolute atomic E-state index is 14.3. The predicted molar refractivity (Wildman–Crippen MR) is 123 cm³/mol. The van der Waals surface area contributed by atoms with Crippen molar-refractivity contribution in [1.29, 1.82) is 0 Å². The maximum Gasteiger partial charge on any atom is 0.408 e. The number of carbonyl (C=O) groups excluding carboxylic acids is 3. The Morgan fingerprint density at radius 2 is 1.82 bits per heavy atom. The highest BCUT2D eigenvalue weighted by Crippen LogP contribution is 2.25. The summed E-state index contributed by atoms with van der Waals surface area (Å²) in [6.07, 6.45) is 0.129. The van der Waals surface area contributed by atoms with E-state index in [0.717, 1.165) is 11.3 Å². The molecule has 8 heteroatoms. The van der Waals surface area contributed by atoms with Crippen molar-refractivity contribution in [3.05, 3.63) is 65.5 Å². The second kappa shape index (κ2) is 10.0. The van der Waals surface area contributed by atoms with Crippen LogP contribution in [0.4, 0.5) is 14.9 Å². The van der Waals surface area contributed by atoms with Gasteiger partial charge in [0, 0.05) is 19.2 Å². The first-order chi connectivity index (χ1) is 15.5. The molecule has 1 aliphatic rings. The molecule has 7 nitrogen and oxygen atoms in total. The third-order valence-electron chi connectivity index (χ3n) is 5.39. The van der Waals surface area contributed by atoms with Crippen LogP contribution in [0, 0.1) is 5.82 Å². The Labute approximate surface area is 193 Å². The van der Waals surface area contributed by atoms with Crippen LogP contribution in [0.1, 0.15) is 38.3 Å². The number of rotatable bonds is 5. The molecule has 2 aromatic carbocycles. The van der Waals surface area contributed by atoms with E-state index in [1.54, 1.807) is 46.0 Å². The van der Waals surface area contributed by atoms with Crippen LogP contribution in [0.15, 0.2) is 48.5 Å². The molecule has 1 heterocycles. The SMILES string of the molecule is CN1C(=O)[C@H](NC(=O)[C@@H](Cc2ccccc2F)NC(=O)OC(C)(C)C)CCc2ccccc21. The van der Waals surface area contributed by atoms with E-state index in [4.69, 9.17) is 4.74 Å². The number of nitrogens with zero attached hydrogens (tertiary/aromatic N) is 1. The molecule has 2 atom stereocenters. The van der Waals surface area contributed by atoms with Gasteiger partial charge in [-0.15, -0.1) is 0 Å². The second-order valence-corrected chi connectivity index (χ2v) is 9.12. The molecule has 2 aromatic rings. The van der Waals surface area contributed by atoms with Gasteiger partial charge < -0.3 is 20.3 Å². The van der Waals surface area contributed by atoms with Gasteiger partial charge in [-0.2, -0.15) is 0 Å². The third-order valence-corrected chi connectivity index (χ3v) is 5.39. The largest absolute Gasteiger partial charge is 0.444 e. The standard InChI is InChI=1S/C25H30FN3O4/c1-25(2,3)33-24(32)28-20(15-17-10-5-7-11-18(17)26)22(30)27-19-14-13-16-9-6-8-12-21(16)29(4)23(19)31/h5-12,19-20H,13-15H2,1-4H3,(H,27,30)(H,28,32)/t19-,20-/m1/s1. The molecular weight excluding hydrogens is 425 g/mol. The van der Waals surface area contributed by atoms with Gasteiger partial charge in [-0.25, -0.2) is 9.18 Å². The minimum atomic E-state index is -1.12. The number of hydrogen-bond donors (Lipinski definition) is 2. The number of para-hydroxylation sites is 1. The number of fused-ring (bicyclic) bond motifs is 1. The Hall–Kier alpha value is -3.42. The summed E-state index contributed by atoms with van der Waals surface area (Å²) in [5, 5.41) is 5.29. The second-order valence-electron chi connectivity index (χ2n) is 9.12. The van der Waals surface area contributed by atoms with E-state index in [9.17, 15) is 18.8 Å². The molecule has 0 unspecified atom stereocenters. The fourth-order valence-electron chi connectivity index (χ4n) is 3.77. The number of likely N-dealkylation sites (N-methyl/N-ethyl adjacent to an activating group) is 1. The first kappa shape index (κ1) is 24.2. The molecule has 0 aliphatic carbocycles. The van der Waals surface area contributed by atoms with E-state index in [-0.39, 0.29) is 17.9 Å². The summed E-state index contributed by atoms with van der Waals surface area (Å²) in [5.41, 5.74) is 1.31. The molecular formula is C25H30FN3O4. The summed E-state index contributed by atoms with van der Waals surface area (Å²) >= 11 is 0. The average Bonchev–Trinajstić information content (AvgIpc) is 2.86. The normalized spacial score (nSPS) is 16.9. The predicted octanol–water partition coefficient (Wildman–Crippen LogP) is 3.36. The van der Waals surface area contributed by atoms with Crippen molar-refractivity contribution in [3.63, 3.8) is 0 Å². The molecule has 1 aliphatic heterocycles. The minimum absolute atomic E-state index is 0.0886. The van der Waals surface area contributed by atoms with Crippen LogP contribution in [0.25, 0.3) is 0 Å². The van der Waals surface area contributed by atoms with Crippen LogP contribution >= 0.6 is 0 Å². The zero-order chi connectivity index (χ0) is 24.2. The molecule has 0 saturated heterocycles. The van der Waals surface area contributed by atoms with Gasteiger partial charge in [0.1, 0.15) is 23.5 Å². The van der Waals surface area contributed by atoms with Crippen LogP contribution in [0.5, 0.6) is 0 Å². The highest BCUT2D eigenvalue weighted by molar-refractivity contribution is 6.00. The molecule has 0 spiro atoms. The molecule has 176 valence electrons. The van der Waals surface area contributed by atoms with Crippen LogP contribution in [-0.2, 0) is 27.2 Å². The molecule has 3 amide bonds. The van der Waals surface area contributed by atoms with E-state index in [2.05, 4.69) is 10.6 Å². The van der Waals surface area contributed by atoms with Crippen molar-refractivity contribution in [1.82, 2.24) is 10.6 Å². The summed E-state index contributed by atoms with van der Waals surface area (Å²) in [6.45, 7) is 5.11. The first-order valence-electron chi connectivity index (χ1n) is 10.9. The monoisotopic (exact) mass is 455 g/mol. The van der Waals surface area contributed by atoms with E-state index in [1.165, 1.54) is 11.0 Å². The number of nitrogens with one attached hydrogen (secondary N) is 2. The van der Waals surface area contributed by atoms with E-state index < -0.39 is 35.5 Å². The van der Waals surface area contributed by atoms with Crippen LogP contribution < -0.4 is 15.5 Å². The van der Waals surface area contributed by atoms with Crippen molar-refractivity contribution in [2.75, 3.05) is 11.9 Å². The summed E-state index contributed by atoms with van der Waals surface area (Å²) in [5.74, 6) is -1.32. The summed E-state index contributed by atoms with van der Waals surface area (Å²) < 4.78 is 19.5. The van der Waals surface area contributed by atoms with Gasteiger partial charge in [0.25, 0.3) is 0 Å². The number of hydrogen-bond acceptors (Lipinski definition) is 4. The Morgan fingerprint density at radius 3 is 2.52 bits per heavy atom. The lowest BCUT2D eigenvalue weighted by Gasteiger charge is -2.26. The number of halogens is 1. The highest BCUT2D eigenvalue weighted by Gasteiger charge is 2.32. The topological polar surface area (TPSA) is 87.7 Å². The van der Waals surface area contributed by atoms with Crippen molar-refractivity contribution >= 4 is 23.6 Å². The van der Waals surface area contributed by atoms with Crippen molar-refractivity contribution in [2.24, 2.45) is 0 Å². The molecule has 3 rings (SSSR count). The van der Waals surface area contributed by atoms with Crippen LogP contribution in [-0.4, -0.2) is 42.6 Å². The Morgan fingerprint density at radius 1 is 1.15 bits per heavy atom. The molecule has 0 aromatic heterocycles. The van der Waals surface area contributed by atoms with Gasteiger partial charge in [0.2, 0.25) is 11.8 Å². The number of ether oxygens (including phenoxy) is 1. The summed E-state index contributed by atoms with van der Waals surface area (Å²) in [7, 11) is 1.67. The van der Waals surface area contributed by atoms with Crippen molar-refractivity contribution < 1.29 is 23.5 Å². The smallest absolute Gasteiger partial charge is 0.408 e. The fourth-order valence-corrected chi connectivity index (χ4v) is 3.77. The lowest BCUT2D eigenvalue weighted by molar-refractivity contribution is -0.128. The zero-order valence-electron chi connectivity index (χ0n) is 19.4. The zero-order valence-corrected chi connectivity index (χ0v) is 19.4. The van der Waals surface area contributed by atoms with Gasteiger partial charge in [0.15, 0.2) is 0 Å². The number of aryl methyl sites for hydroxylation is 1. The molecule has 0 radical (unpaired) electrons. The lowest BCUT2D eigenvalue weighted by atomic mass is 10.0. The first-order valence-corrected chi connectivity index (χ1v) is 10.9. The van der Waals surface area contributed by atoms with Gasteiger partial charge in [-0.1, -0.05) is 36.4 Å². The Bertz CT molecular complexity index is 1030. The van der Waals surface area contributed by atoms with Crippen LogP contribution in [0.3, 0.4) is 0 Å². The highest BCUT2D eigenvalue weighted by atomic mass is 19.1. The van der Waals surface area contributed by atoms with Gasteiger partial charge >= 0.3 is 6.09 Å². The Kier molecular flexibility index (Phi) is 7.36. The minimum Gasteiger partial charge on any atom is -0.444 e. The lowest BCUT2D eigenvalue weighted by Crippen LogP contribution is -2.55. The fraction of sp³-hybridized carbons (Fsp3) is 0.400. The molecule has 0 fully saturated rings. The van der Waals surface area contributed by atoms with E-state index >= 15 is 0 Å². The van der Waals surface area contributed by atoms with E-state index in [1.807, 2.05) is 24.3 Å². The Balaban J connectivity index is 1.78. The van der Waals surface area contributed by atoms with Crippen molar-refractivity contribution in [3.8, 4) is 0 Å². The molecule has 2 N–H and O–H groups in total. The molecule has 33 heavy (non-hydrogen) atoms. The van der Waals surface area contributed by atoms with E-state index in [0.29, 0.717) is 12.8 Å². The van der Waals surface area contributed by atoms with Gasteiger partial charge in [-0.3, -0.25) is 9.59 Å². The number of alkyl carbamates (subject to hydrolysis) is 1.